The first-order valence-corrected chi connectivity index (χ1v) is 4.05. The third-order valence-electron chi connectivity index (χ3n) is 1.87. The number of hydrogen-bond acceptors (Lipinski definition) is 2. The zero-order chi connectivity index (χ0) is 7.56. The van der Waals surface area contributed by atoms with E-state index in [9.17, 15) is 0 Å². The van der Waals surface area contributed by atoms with Crippen molar-refractivity contribution in [2.24, 2.45) is 10.9 Å². The molecule has 0 fully saturated rings. The molecular weight excluding hydrogens is 124 g/mol. The maximum Gasteiger partial charge on any atom is 0.0992 e. The fourth-order valence-corrected chi connectivity index (χ4v) is 1.09. The Balaban J connectivity index is 2.39. The van der Waals surface area contributed by atoms with Gasteiger partial charge in [-0.3, -0.25) is 4.99 Å². The number of nitrogens with one attached hydrogen (secondary N) is 1. The normalized spacial score (nSPS) is 24.8. The number of rotatable bonds is 2. The lowest BCUT2D eigenvalue weighted by molar-refractivity contribution is 0.627. The minimum atomic E-state index is 0.566. The van der Waals surface area contributed by atoms with Crippen molar-refractivity contribution in [1.29, 1.82) is 0 Å². The Morgan fingerprint density at radius 2 is 2.40 bits per heavy atom. The van der Waals surface area contributed by atoms with Gasteiger partial charge < -0.3 is 5.32 Å². The molecule has 0 aromatic heterocycles. The van der Waals surface area contributed by atoms with E-state index in [4.69, 9.17) is 0 Å². The van der Waals surface area contributed by atoms with Crippen LogP contribution in [0.25, 0.3) is 0 Å². The Kier molecular flexibility index (Phi) is 2.30. The second-order valence-electron chi connectivity index (χ2n) is 3.13. The summed E-state index contributed by atoms with van der Waals surface area (Å²) in [5.41, 5.74) is 0. The van der Waals surface area contributed by atoms with Crippen LogP contribution in [0.1, 0.15) is 27.2 Å². The number of hydrogen-bond donors (Lipinski definition) is 1. The first-order chi connectivity index (χ1) is 4.74. The molecule has 0 bridgehead atoms. The standard InChI is InChI=1S/C8H16N2/c1-4-7-5-9-8(10-7)6(2)3/h6-7H,4-5H2,1-3H3,(H,9,10)/t7-/m1/s1. The Morgan fingerprint density at radius 1 is 1.70 bits per heavy atom. The Labute approximate surface area is 62.7 Å². The van der Waals surface area contributed by atoms with Crippen LogP contribution in [-0.2, 0) is 0 Å². The summed E-state index contributed by atoms with van der Waals surface area (Å²) in [6.07, 6.45) is 1.18. The third-order valence-corrected chi connectivity index (χ3v) is 1.87. The molecule has 1 rings (SSSR count). The molecule has 1 heterocycles. The Hall–Kier alpha value is -0.530. The molecular formula is C8H16N2. The van der Waals surface area contributed by atoms with E-state index in [1.54, 1.807) is 0 Å². The van der Waals surface area contributed by atoms with Gasteiger partial charge in [-0.1, -0.05) is 20.8 Å². The summed E-state index contributed by atoms with van der Waals surface area (Å²) in [5.74, 6) is 1.75. The molecule has 10 heavy (non-hydrogen) atoms. The SMILES string of the molecule is CC[C@@H]1CN=C(C(C)C)N1. The largest absolute Gasteiger partial charge is 0.369 e. The molecule has 0 saturated carbocycles. The first-order valence-electron chi connectivity index (χ1n) is 4.05. The lowest BCUT2D eigenvalue weighted by Crippen LogP contribution is -2.31. The summed E-state index contributed by atoms with van der Waals surface area (Å²) in [5, 5.41) is 3.39. The summed E-state index contributed by atoms with van der Waals surface area (Å²) in [6.45, 7) is 7.51. The van der Waals surface area contributed by atoms with E-state index in [2.05, 4.69) is 31.1 Å². The van der Waals surface area contributed by atoms with Crippen LogP contribution in [0.2, 0.25) is 0 Å². The highest BCUT2D eigenvalue weighted by molar-refractivity contribution is 5.85. The monoisotopic (exact) mass is 140 g/mol. The lowest BCUT2D eigenvalue weighted by atomic mass is 10.2. The molecule has 0 aliphatic carbocycles. The van der Waals surface area contributed by atoms with Crippen LogP contribution in [0.15, 0.2) is 4.99 Å². The fraction of sp³-hybridized carbons (Fsp3) is 0.875. The molecule has 1 atom stereocenters. The first kappa shape index (κ1) is 7.58. The van der Waals surface area contributed by atoms with Crippen molar-refractivity contribution in [2.75, 3.05) is 6.54 Å². The topological polar surface area (TPSA) is 24.4 Å². The van der Waals surface area contributed by atoms with Crippen LogP contribution in [0.5, 0.6) is 0 Å². The average Bonchev–Trinajstić information content (AvgIpc) is 2.34. The highest BCUT2D eigenvalue weighted by Crippen LogP contribution is 2.05. The summed E-state index contributed by atoms with van der Waals surface area (Å²) >= 11 is 0. The van der Waals surface area contributed by atoms with Crippen molar-refractivity contribution in [1.82, 2.24) is 5.32 Å². The summed E-state index contributed by atoms with van der Waals surface area (Å²) in [7, 11) is 0. The number of amidine groups is 1. The molecule has 0 aromatic carbocycles. The average molecular weight is 140 g/mol. The molecule has 0 amide bonds. The van der Waals surface area contributed by atoms with Crippen LogP contribution >= 0.6 is 0 Å². The third kappa shape index (κ3) is 1.49. The maximum absolute atomic E-state index is 4.39. The van der Waals surface area contributed by atoms with Gasteiger partial charge in [0.15, 0.2) is 0 Å². The van der Waals surface area contributed by atoms with Crippen LogP contribution in [0.3, 0.4) is 0 Å². The second-order valence-corrected chi connectivity index (χ2v) is 3.13. The number of nitrogens with zero attached hydrogens (tertiary/aromatic N) is 1. The van der Waals surface area contributed by atoms with Gasteiger partial charge in [0.1, 0.15) is 0 Å². The minimum absolute atomic E-state index is 0.566. The molecule has 1 aliphatic rings. The van der Waals surface area contributed by atoms with Gasteiger partial charge in [0.25, 0.3) is 0 Å². The summed E-state index contributed by atoms with van der Waals surface area (Å²) < 4.78 is 0. The second kappa shape index (κ2) is 3.04. The van der Waals surface area contributed by atoms with Crippen LogP contribution in [-0.4, -0.2) is 18.4 Å². The zero-order valence-corrected chi connectivity index (χ0v) is 7.02. The van der Waals surface area contributed by atoms with Gasteiger partial charge in [0.05, 0.1) is 12.4 Å². The highest BCUT2D eigenvalue weighted by Gasteiger charge is 2.16. The predicted molar refractivity (Wildman–Crippen MR) is 44.4 cm³/mol. The van der Waals surface area contributed by atoms with Crippen molar-refractivity contribution < 1.29 is 0 Å². The number of aliphatic imine (C=N–C) groups is 1. The van der Waals surface area contributed by atoms with Crippen LogP contribution < -0.4 is 5.32 Å². The van der Waals surface area contributed by atoms with Gasteiger partial charge in [0, 0.05) is 12.0 Å². The van der Waals surface area contributed by atoms with Crippen molar-refractivity contribution in [2.45, 2.75) is 33.2 Å². The molecule has 2 nitrogen and oxygen atoms in total. The molecule has 1 N–H and O–H groups in total. The van der Waals surface area contributed by atoms with Crippen LogP contribution in [0, 0.1) is 5.92 Å². The van der Waals surface area contributed by atoms with Gasteiger partial charge in [-0.2, -0.15) is 0 Å². The van der Waals surface area contributed by atoms with Gasteiger partial charge in [0.2, 0.25) is 0 Å². The quantitative estimate of drug-likeness (QED) is 0.616. The lowest BCUT2D eigenvalue weighted by Gasteiger charge is -2.10. The van der Waals surface area contributed by atoms with Crippen molar-refractivity contribution >= 4 is 5.84 Å². The highest BCUT2D eigenvalue weighted by atomic mass is 15.1. The molecule has 0 saturated heterocycles. The molecule has 58 valence electrons. The molecule has 0 radical (unpaired) electrons. The predicted octanol–water partition coefficient (Wildman–Crippen LogP) is 1.42. The van der Waals surface area contributed by atoms with Gasteiger partial charge >= 0.3 is 0 Å². The fourth-order valence-electron chi connectivity index (χ4n) is 1.09. The van der Waals surface area contributed by atoms with Crippen molar-refractivity contribution in [3.8, 4) is 0 Å². The summed E-state index contributed by atoms with van der Waals surface area (Å²) in [4.78, 5) is 4.39. The van der Waals surface area contributed by atoms with Crippen LogP contribution in [0.4, 0.5) is 0 Å². The molecule has 1 aliphatic heterocycles. The van der Waals surface area contributed by atoms with E-state index in [1.807, 2.05) is 0 Å². The van der Waals surface area contributed by atoms with E-state index in [1.165, 1.54) is 12.3 Å². The van der Waals surface area contributed by atoms with E-state index in [0.717, 1.165) is 6.54 Å². The minimum Gasteiger partial charge on any atom is -0.369 e. The van der Waals surface area contributed by atoms with E-state index >= 15 is 0 Å². The maximum atomic E-state index is 4.39. The summed E-state index contributed by atoms with van der Waals surface area (Å²) in [6, 6.07) is 0.609. The van der Waals surface area contributed by atoms with E-state index in [0.29, 0.717) is 12.0 Å². The molecule has 0 unspecified atom stereocenters. The molecule has 0 aromatic rings. The molecule has 0 spiro atoms. The van der Waals surface area contributed by atoms with Gasteiger partial charge in [-0.15, -0.1) is 0 Å². The van der Waals surface area contributed by atoms with Crippen molar-refractivity contribution in [3.05, 3.63) is 0 Å². The zero-order valence-electron chi connectivity index (χ0n) is 7.02. The van der Waals surface area contributed by atoms with E-state index in [-0.39, 0.29) is 0 Å². The van der Waals surface area contributed by atoms with Gasteiger partial charge in [-0.25, -0.2) is 0 Å². The molecule has 2 heteroatoms. The van der Waals surface area contributed by atoms with E-state index < -0.39 is 0 Å². The smallest absolute Gasteiger partial charge is 0.0992 e. The Bertz CT molecular complexity index is 138. The Morgan fingerprint density at radius 3 is 2.70 bits per heavy atom. The van der Waals surface area contributed by atoms with Crippen molar-refractivity contribution in [3.63, 3.8) is 0 Å². The van der Waals surface area contributed by atoms with Gasteiger partial charge in [-0.05, 0) is 6.42 Å².